The number of rotatable bonds is 3. The van der Waals surface area contributed by atoms with E-state index in [1.807, 2.05) is 13.0 Å². The number of aromatic nitrogens is 1. The van der Waals surface area contributed by atoms with Gasteiger partial charge in [0.1, 0.15) is 5.69 Å². The lowest BCUT2D eigenvalue weighted by molar-refractivity contribution is 0.0962. The summed E-state index contributed by atoms with van der Waals surface area (Å²) < 4.78 is 0. The normalized spacial score (nSPS) is 11.6. The number of aryl methyl sites for hydroxylation is 2. The van der Waals surface area contributed by atoms with Crippen LogP contribution in [0.25, 0.3) is 10.9 Å². The molecule has 98 valence electrons. The summed E-state index contributed by atoms with van der Waals surface area (Å²) in [4.78, 5) is 15.2. The third-order valence-electron chi connectivity index (χ3n) is 3.16. The molecule has 0 spiro atoms. The third kappa shape index (κ3) is 2.76. The Kier molecular flexibility index (Phi) is 3.56. The van der Waals surface area contributed by atoms with Gasteiger partial charge in [-0.3, -0.25) is 4.79 Å². The Hall–Kier alpha value is -2.29. The quantitative estimate of drug-likeness (QED) is 0.807. The van der Waals surface area contributed by atoms with Crippen LogP contribution in [0.2, 0.25) is 0 Å². The molecule has 1 heterocycles. The zero-order valence-electron chi connectivity index (χ0n) is 11.5. The number of H-pyrrole nitrogens is 1. The first-order valence-electron chi connectivity index (χ1n) is 6.22. The van der Waals surface area contributed by atoms with E-state index < -0.39 is 0 Å². The van der Waals surface area contributed by atoms with Gasteiger partial charge in [-0.15, -0.1) is 0 Å². The average Bonchev–Trinajstić information content (AvgIpc) is 2.73. The van der Waals surface area contributed by atoms with Crippen LogP contribution in [0, 0.1) is 13.8 Å². The SMILES string of the molecule is C=CC=C(C)NC(=O)c1cc2cc(C)c(C)cc2[nH]1. The molecule has 1 amide bonds. The molecule has 2 rings (SSSR count). The first-order valence-corrected chi connectivity index (χ1v) is 6.22. The fourth-order valence-electron chi connectivity index (χ4n) is 1.99. The molecule has 0 saturated carbocycles. The summed E-state index contributed by atoms with van der Waals surface area (Å²) in [6, 6.07) is 6.02. The summed E-state index contributed by atoms with van der Waals surface area (Å²) in [5, 5.41) is 3.86. The van der Waals surface area contributed by atoms with Crippen molar-refractivity contribution in [3.05, 3.63) is 59.4 Å². The Morgan fingerprint density at radius 2 is 1.95 bits per heavy atom. The molecule has 0 aliphatic heterocycles. The van der Waals surface area contributed by atoms with E-state index in [1.165, 1.54) is 11.1 Å². The molecule has 2 aromatic rings. The van der Waals surface area contributed by atoms with Gasteiger partial charge < -0.3 is 10.3 Å². The number of allylic oxidation sites excluding steroid dienone is 3. The van der Waals surface area contributed by atoms with Crippen LogP contribution in [0.5, 0.6) is 0 Å². The molecule has 0 aliphatic rings. The first kappa shape index (κ1) is 13.1. The van der Waals surface area contributed by atoms with Crippen molar-refractivity contribution in [2.45, 2.75) is 20.8 Å². The van der Waals surface area contributed by atoms with Crippen molar-refractivity contribution in [1.82, 2.24) is 10.3 Å². The van der Waals surface area contributed by atoms with Gasteiger partial charge in [-0.25, -0.2) is 0 Å². The van der Waals surface area contributed by atoms with Gasteiger partial charge >= 0.3 is 0 Å². The standard InChI is InChI=1S/C16H18N2O/c1-5-6-12(4)17-16(19)15-9-13-7-10(2)11(3)8-14(13)18-15/h5-9,18H,1H2,2-4H3,(H,17,19). The number of nitrogens with one attached hydrogen (secondary N) is 2. The second kappa shape index (κ2) is 5.14. The molecule has 0 atom stereocenters. The van der Waals surface area contributed by atoms with E-state index >= 15 is 0 Å². The molecule has 2 N–H and O–H groups in total. The van der Waals surface area contributed by atoms with E-state index in [0.717, 1.165) is 16.6 Å². The molecule has 1 aromatic carbocycles. The van der Waals surface area contributed by atoms with E-state index in [2.05, 4.69) is 42.9 Å². The van der Waals surface area contributed by atoms with Crippen LogP contribution in [0.4, 0.5) is 0 Å². The van der Waals surface area contributed by atoms with Crippen LogP contribution in [-0.2, 0) is 0 Å². The summed E-state index contributed by atoms with van der Waals surface area (Å²) in [7, 11) is 0. The minimum absolute atomic E-state index is 0.137. The largest absolute Gasteiger partial charge is 0.351 e. The average molecular weight is 254 g/mol. The topological polar surface area (TPSA) is 44.9 Å². The Morgan fingerprint density at radius 3 is 2.63 bits per heavy atom. The lowest BCUT2D eigenvalue weighted by Crippen LogP contribution is -2.21. The molecule has 0 radical (unpaired) electrons. The fraction of sp³-hybridized carbons (Fsp3) is 0.188. The van der Waals surface area contributed by atoms with Crippen molar-refractivity contribution in [3.63, 3.8) is 0 Å². The van der Waals surface area contributed by atoms with Gasteiger partial charge in [-0.05, 0) is 56.2 Å². The molecule has 0 unspecified atom stereocenters. The Bertz CT molecular complexity index is 638. The van der Waals surface area contributed by atoms with Crippen LogP contribution < -0.4 is 5.32 Å². The van der Waals surface area contributed by atoms with Crippen LogP contribution in [0.3, 0.4) is 0 Å². The van der Waals surface area contributed by atoms with Gasteiger partial charge in [-0.1, -0.05) is 12.7 Å². The van der Waals surface area contributed by atoms with Gasteiger partial charge in [0.25, 0.3) is 5.91 Å². The molecule has 0 saturated heterocycles. The number of carbonyl (C=O) groups excluding carboxylic acids is 1. The molecule has 0 aliphatic carbocycles. The van der Waals surface area contributed by atoms with Crippen molar-refractivity contribution in [2.24, 2.45) is 0 Å². The fourth-order valence-corrected chi connectivity index (χ4v) is 1.99. The number of hydrogen-bond acceptors (Lipinski definition) is 1. The maximum atomic E-state index is 12.1. The maximum Gasteiger partial charge on any atom is 0.271 e. The molecule has 3 nitrogen and oxygen atoms in total. The zero-order chi connectivity index (χ0) is 14.0. The Morgan fingerprint density at radius 1 is 1.26 bits per heavy atom. The number of carbonyl (C=O) groups is 1. The minimum atomic E-state index is -0.137. The van der Waals surface area contributed by atoms with Crippen molar-refractivity contribution >= 4 is 16.8 Å². The number of amides is 1. The van der Waals surface area contributed by atoms with E-state index in [-0.39, 0.29) is 5.91 Å². The van der Waals surface area contributed by atoms with Gasteiger partial charge in [0.2, 0.25) is 0 Å². The lowest BCUT2D eigenvalue weighted by Gasteiger charge is -2.02. The second-order valence-electron chi connectivity index (χ2n) is 4.75. The van der Waals surface area contributed by atoms with E-state index in [4.69, 9.17) is 0 Å². The van der Waals surface area contributed by atoms with E-state index in [1.54, 1.807) is 12.2 Å². The Balaban J connectivity index is 2.33. The highest BCUT2D eigenvalue weighted by Crippen LogP contribution is 2.20. The minimum Gasteiger partial charge on any atom is -0.351 e. The van der Waals surface area contributed by atoms with Crippen LogP contribution in [-0.4, -0.2) is 10.9 Å². The number of benzene rings is 1. The molecule has 0 fully saturated rings. The van der Waals surface area contributed by atoms with Gasteiger partial charge in [0.15, 0.2) is 0 Å². The first-order chi connectivity index (χ1) is 9.01. The summed E-state index contributed by atoms with van der Waals surface area (Å²) in [5.74, 6) is -0.137. The van der Waals surface area contributed by atoms with Crippen LogP contribution in [0.15, 0.2) is 42.6 Å². The monoisotopic (exact) mass is 254 g/mol. The maximum absolute atomic E-state index is 12.1. The highest BCUT2D eigenvalue weighted by atomic mass is 16.1. The summed E-state index contributed by atoms with van der Waals surface area (Å²) in [6.07, 6.45) is 3.41. The number of hydrogen-bond donors (Lipinski definition) is 2. The molecule has 19 heavy (non-hydrogen) atoms. The number of aromatic amines is 1. The predicted octanol–water partition coefficient (Wildman–Crippen LogP) is 3.60. The van der Waals surface area contributed by atoms with Crippen LogP contribution >= 0.6 is 0 Å². The number of fused-ring (bicyclic) bond motifs is 1. The predicted molar refractivity (Wildman–Crippen MR) is 79.2 cm³/mol. The highest BCUT2D eigenvalue weighted by Gasteiger charge is 2.10. The van der Waals surface area contributed by atoms with Gasteiger partial charge in [-0.2, -0.15) is 0 Å². The Labute approximate surface area is 113 Å². The highest BCUT2D eigenvalue weighted by molar-refractivity contribution is 5.99. The summed E-state index contributed by atoms with van der Waals surface area (Å²) in [5.41, 5.74) is 4.76. The molecular weight excluding hydrogens is 236 g/mol. The lowest BCUT2D eigenvalue weighted by atomic mass is 10.1. The summed E-state index contributed by atoms with van der Waals surface area (Å²) >= 11 is 0. The van der Waals surface area contributed by atoms with Crippen molar-refractivity contribution in [3.8, 4) is 0 Å². The molecule has 3 heteroatoms. The van der Waals surface area contributed by atoms with Crippen molar-refractivity contribution < 1.29 is 4.79 Å². The van der Waals surface area contributed by atoms with E-state index in [0.29, 0.717) is 5.69 Å². The second-order valence-corrected chi connectivity index (χ2v) is 4.75. The smallest absolute Gasteiger partial charge is 0.271 e. The van der Waals surface area contributed by atoms with Crippen molar-refractivity contribution in [1.29, 1.82) is 0 Å². The zero-order valence-corrected chi connectivity index (χ0v) is 11.5. The summed E-state index contributed by atoms with van der Waals surface area (Å²) in [6.45, 7) is 9.56. The van der Waals surface area contributed by atoms with Crippen molar-refractivity contribution in [2.75, 3.05) is 0 Å². The van der Waals surface area contributed by atoms with Gasteiger partial charge in [0, 0.05) is 16.6 Å². The molecular formula is C16H18N2O. The van der Waals surface area contributed by atoms with Crippen LogP contribution in [0.1, 0.15) is 28.5 Å². The molecule has 1 aromatic heterocycles. The molecule has 0 bridgehead atoms. The van der Waals surface area contributed by atoms with E-state index in [9.17, 15) is 4.79 Å². The third-order valence-corrected chi connectivity index (χ3v) is 3.16. The van der Waals surface area contributed by atoms with Gasteiger partial charge in [0.05, 0.1) is 0 Å².